The molecule has 3 atom stereocenters. The summed E-state index contributed by atoms with van der Waals surface area (Å²) in [4.78, 5) is 55.2. The van der Waals surface area contributed by atoms with Crippen LogP contribution < -0.4 is 15.1 Å². The van der Waals surface area contributed by atoms with Crippen molar-refractivity contribution in [3.8, 4) is 5.75 Å². The van der Waals surface area contributed by atoms with Gasteiger partial charge in [0.25, 0.3) is 0 Å². The van der Waals surface area contributed by atoms with Crippen molar-refractivity contribution in [2.24, 2.45) is 5.92 Å². The van der Waals surface area contributed by atoms with Crippen LogP contribution in [0.4, 0.5) is 11.4 Å². The summed E-state index contributed by atoms with van der Waals surface area (Å²) in [6.07, 6.45) is 0. The minimum atomic E-state index is -0.775. The number of anilines is 2. The maximum atomic E-state index is 13.9. The third-order valence-corrected chi connectivity index (χ3v) is 9.56. The maximum Gasteiger partial charge on any atom is 0.308 e. The summed E-state index contributed by atoms with van der Waals surface area (Å²) >= 11 is 2.16. The van der Waals surface area contributed by atoms with Crippen molar-refractivity contribution >= 4 is 52.2 Å². The number of hydrogen-bond donors (Lipinski definition) is 2. The highest BCUT2D eigenvalue weighted by atomic mass is 32.2. The van der Waals surface area contributed by atoms with E-state index in [0.717, 1.165) is 16.9 Å². The lowest BCUT2D eigenvalue weighted by atomic mass is 9.83. The van der Waals surface area contributed by atoms with Gasteiger partial charge in [-0.3, -0.25) is 23.7 Å². The summed E-state index contributed by atoms with van der Waals surface area (Å²) < 4.78 is 1.39. The molecule has 3 amide bonds. The van der Waals surface area contributed by atoms with Gasteiger partial charge < -0.3 is 10.4 Å². The fourth-order valence-electron chi connectivity index (χ4n) is 5.11. The second-order valence-corrected chi connectivity index (χ2v) is 11.6. The number of phenolic OH excluding ortho intramolecular Hbond substituents is 1. The third-order valence-electron chi connectivity index (χ3n) is 6.95. The van der Waals surface area contributed by atoms with Gasteiger partial charge in [0.05, 0.1) is 16.6 Å². The number of benzene rings is 3. The number of imide groups is 1. The number of thiazole rings is 1. The summed E-state index contributed by atoms with van der Waals surface area (Å²) in [7, 11) is 0. The van der Waals surface area contributed by atoms with Gasteiger partial charge in [0.15, 0.2) is 0 Å². The van der Waals surface area contributed by atoms with Gasteiger partial charge in [0.2, 0.25) is 17.7 Å². The SMILES string of the molecule is Cc1ccc(N2C(=O)C3Sc4c(sc(=O)n4CC(=O)Nc4ccccc4)[C@@H](c4ccc(O)cc4)C3C2=O)cc1. The van der Waals surface area contributed by atoms with E-state index in [1.807, 2.05) is 25.1 Å². The first kappa shape index (κ1) is 25.1. The van der Waals surface area contributed by atoms with Crippen LogP contribution in [0.5, 0.6) is 5.75 Å². The zero-order valence-electron chi connectivity index (χ0n) is 20.7. The molecule has 10 heteroatoms. The highest BCUT2D eigenvalue weighted by molar-refractivity contribution is 8.00. The van der Waals surface area contributed by atoms with Crippen LogP contribution in [0, 0.1) is 12.8 Å². The Morgan fingerprint density at radius 3 is 2.31 bits per heavy atom. The largest absolute Gasteiger partial charge is 0.508 e. The van der Waals surface area contributed by atoms with Crippen molar-refractivity contribution in [1.82, 2.24) is 4.57 Å². The Hall–Kier alpha value is -4.15. The van der Waals surface area contributed by atoms with Gasteiger partial charge in [-0.1, -0.05) is 71.1 Å². The summed E-state index contributed by atoms with van der Waals surface area (Å²) in [6.45, 7) is 1.70. The second kappa shape index (κ2) is 9.87. The molecule has 2 aliphatic rings. The molecule has 1 fully saturated rings. The number of aromatic nitrogens is 1. The fourth-order valence-corrected chi connectivity index (χ4v) is 7.88. The summed E-state index contributed by atoms with van der Waals surface area (Å²) in [5, 5.41) is 12.4. The number of para-hydroxylation sites is 1. The molecule has 0 aliphatic carbocycles. The van der Waals surface area contributed by atoms with E-state index in [1.54, 1.807) is 48.5 Å². The lowest BCUT2D eigenvalue weighted by molar-refractivity contribution is -0.122. The van der Waals surface area contributed by atoms with Crippen LogP contribution in [0.3, 0.4) is 0 Å². The van der Waals surface area contributed by atoms with Crippen LogP contribution in [0.15, 0.2) is 88.7 Å². The quantitative estimate of drug-likeness (QED) is 0.353. The van der Waals surface area contributed by atoms with Crippen molar-refractivity contribution in [2.45, 2.75) is 29.7 Å². The number of nitrogens with one attached hydrogen (secondary N) is 1. The molecule has 8 nitrogen and oxygen atoms in total. The predicted octanol–water partition coefficient (Wildman–Crippen LogP) is 4.36. The molecule has 4 aromatic rings. The van der Waals surface area contributed by atoms with E-state index in [4.69, 9.17) is 0 Å². The van der Waals surface area contributed by atoms with Gasteiger partial charge >= 0.3 is 4.87 Å². The van der Waals surface area contributed by atoms with E-state index in [0.29, 0.717) is 26.8 Å². The number of carbonyl (C=O) groups excluding carboxylic acids is 3. The zero-order chi connectivity index (χ0) is 27.3. The number of fused-ring (bicyclic) bond motifs is 2. The Kier molecular flexibility index (Phi) is 6.36. The van der Waals surface area contributed by atoms with Gasteiger partial charge in [0.1, 0.15) is 17.5 Å². The number of nitrogens with zero attached hydrogens (tertiary/aromatic N) is 2. The van der Waals surface area contributed by atoms with Crippen LogP contribution in [0.1, 0.15) is 21.9 Å². The molecule has 0 saturated carbocycles. The number of hydrogen-bond acceptors (Lipinski definition) is 7. The number of phenols is 1. The number of rotatable bonds is 5. The minimum absolute atomic E-state index is 0.0687. The van der Waals surface area contributed by atoms with Gasteiger partial charge in [-0.25, -0.2) is 4.90 Å². The smallest absolute Gasteiger partial charge is 0.308 e. The Morgan fingerprint density at radius 2 is 1.62 bits per heavy atom. The lowest BCUT2D eigenvalue weighted by Crippen LogP contribution is -2.33. The highest BCUT2D eigenvalue weighted by Gasteiger charge is 2.56. The van der Waals surface area contributed by atoms with E-state index >= 15 is 0 Å². The molecule has 2 N–H and O–H groups in total. The number of aromatic hydroxyl groups is 1. The standard InChI is InChI=1S/C29H23N3O5S2/c1-16-7-11-19(12-8-16)32-26(35)23-22(17-9-13-20(33)14-10-17)25-28(38-24(23)27(32)36)31(29(37)39-25)15-21(34)30-18-5-3-2-4-6-18/h2-14,22-24,33H,15H2,1H3,(H,30,34)/t22-,23?,24?/m0/s1. The van der Waals surface area contributed by atoms with Gasteiger partial charge in [0, 0.05) is 16.5 Å². The van der Waals surface area contributed by atoms with Crippen molar-refractivity contribution in [1.29, 1.82) is 0 Å². The molecule has 0 radical (unpaired) electrons. The molecular formula is C29H23N3O5S2. The lowest BCUT2D eigenvalue weighted by Gasteiger charge is -2.30. The summed E-state index contributed by atoms with van der Waals surface area (Å²) in [5.41, 5.74) is 2.82. The molecule has 3 heterocycles. The topological polar surface area (TPSA) is 109 Å². The second-order valence-electron chi connectivity index (χ2n) is 9.52. The Morgan fingerprint density at radius 1 is 0.923 bits per heavy atom. The average Bonchev–Trinajstić information content (AvgIpc) is 3.36. The molecule has 3 aromatic carbocycles. The van der Waals surface area contributed by atoms with Gasteiger partial charge in [-0.05, 0) is 48.9 Å². The van der Waals surface area contributed by atoms with Gasteiger partial charge in [-0.2, -0.15) is 0 Å². The first-order valence-corrected chi connectivity index (χ1v) is 14.0. The molecule has 0 spiro atoms. The van der Waals surface area contributed by atoms with E-state index in [9.17, 15) is 24.3 Å². The Bertz CT molecular complexity index is 1650. The van der Waals surface area contributed by atoms with Gasteiger partial charge in [-0.15, -0.1) is 0 Å². The van der Waals surface area contributed by atoms with Crippen LogP contribution in [0.2, 0.25) is 0 Å². The molecular weight excluding hydrogens is 534 g/mol. The van der Waals surface area contributed by atoms with Crippen LogP contribution in [0.25, 0.3) is 0 Å². The van der Waals surface area contributed by atoms with Crippen LogP contribution >= 0.6 is 23.1 Å². The Balaban J connectivity index is 1.42. The minimum Gasteiger partial charge on any atom is -0.508 e. The zero-order valence-corrected chi connectivity index (χ0v) is 22.4. The van der Waals surface area contributed by atoms with Crippen molar-refractivity contribution < 1.29 is 19.5 Å². The molecule has 196 valence electrons. The Labute approximate surface area is 231 Å². The molecule has 1 saturated heterocycles. The van der Waals surface area contributed by atoms with Crippen molar-refractivity contribution in [3.63, 3.8) is 0 Å². The molecule has 1 aromatic heterocycles. The van der Waals surface area contributed by atoms with E-state index in [-0.39, 0.29) is 34.9 Å². The van der Waals surface area contributed by atoms with Crippen LogP contribution in [-0.2, 0) is 20.9 Å². The summed E-state index contributed by atoms with van der Waals surface area (Å²) in [6, 6.07) is 22.6. The van der Waals surface area contributed by atoms with Crippen molar-refractivity contribution in [2.75, 3.05) is 10.2 Å². The molecule has 6 rings (SSSR count). The van der Waals surface area contributed by atoms with E-state index < -0.39 is 17.1 Å². The number of aryl methyl sites for hydroxylation is 1. The number of carbonyl (C=O) groups is 3. The normalized spacial score (nSPS) is 20.0. The molecule has 0 bridgehead atoms. The van der Waals surface area contributed by atoms with Crippen molar-refractivity contribution in [3.05, 3.63) is 105 Å². The maximum absolute atomic E-state index is 13.9. The fraction of sp³-hybridized carbons (Fsp3) is 0.172. The first-order chi connectivity index (χ1) is 18.8. The number of amides is 3. The first-order valence-electron chi connectivity index (χ1n) is 12.3. The highest BCUT2D eigenvalue weighted by Crippen LogP contribution is 2.54. The monoisotopic (exact) mass is 557 g/mol. The predicted molar refractivity (Wildman–Crippen MR) is 150 cm³/mol. The van der Waals surface area contributed by atoms with E-state index in [2.05, 4.69) is 5.32 Å². The number of thioether (sulfide) groups is 1. The summed E-state index contributed by atoms with van der Waals surface area (Å²) in [5.74, 6) is -2.33. The van der Waals surface area contributed by atoms with Crippen LogP contribution in [-0.4, -0.2) is 32.6 Å². The molecule has 39 heavy (non-hydrogen) atoms. The third kappa shape index (κ3) is 4.45. The van der Waals surface area contributed by atoms with E-state index in [1.165, 1.54) is 33.4 Å². The molecule has 2 unspecified atom stereocenters. The average molecular weight is 558 g/mol. The molecule has 2 aliphatic heterocycles.